The standard InChI is InChI=1S/C30H30N4OS/c1-19-16-22(20(2)34(19)25-12-9-23(10-13-25)30(3,4)5)18-27-28(35)33(6)29(36-27)32-24-11-14-26-21(17-24)8-7-15-31-26/h7-18H,1-6H3/b27-18-,32-29?. The zero-order valence-corrected chi connectivity index (χ0v) is 22.4. The van der Waals surface area contributed by atoms with E-state index in [1.165, 1.54) is 17.3 Å². The van der Waals surface area contributed by atoms with Crippen molar-refractivity contribution in [2.45, 2.75) is 40.0 Å². The number of pyridine rings is 1. The van der Waals surface area contributed by atoms with Gasteiger partial charge in [-0.1, -0.05) is 39.0 Å². The first-order valence-electron chi connectivity index (χ1n) is 12.0. The molecule has 0 spiro atoms. The van der Waals surface area contributed by atoms with Crippen LogP contribution in [0, 0.1) is 13.8 Å². The fourth-order valence-electron chi connectivity index (χ4n) is 4.48. The highest BCUT2D eigenvalue weighted by molar-refractivity contribution is 8.18. The lowest BCUT2D eigenvalue weighted by Gasteiger charge is -2.20. The van der Waals surface area contributed by atoms with Crippen LogP contribution in [-0.2, 0) is 10.2 Å². The number of benzene rings is 2. The minimum absolute atomic E-state index is 0.0412. The van der Waals surface area contributed by atoms with E-state index >= 15 is 0 Å². The molecule has 0 atom stereocenters. The number of hydrogen-bond donors (Lipinski definition) is 0. The number of rotatable bonds is 3. The summed E-state index contributed by atoms with van der Waals surface area (Å²) >= 11 is 1.41. The lowest BCUT2D eigenvalue weighted by Crippen LogP contribution is -2.23. The maximum atomic E-state index is 13.1. The van der Waals surface area contributed by atoms with Crippen molar-refractivity contribution >= 4 is 45.5 Å². The van der Waals surface area contributed by atoms with Crippen LogP contribution in [0.5, 0.6) is 0 Å². The van der Waals surface area contributed by atoms with Gasteiger partial charge < -0.3 is 4.57 Å². The first kappa shape index (κ1) is 24.1. The van der Waals surface area contributed by atoms with Gasteiger partial charge >= 0.3 is 0 Å². The van der Waals surface area contributed by atoms with E-state index in [-0.39, 0.29) is 11.3 Å². The van der Waals surface area contributed by atoms with Crippen molar-refractivity contribution in [1.29, 1.82) is 0 Å². The largest absolute Gasteiger partial charge is 0.318 e. The Kier molecular flexibility index (Phi) is 6.08. The van der Waals surface area contributed by atoms with Crippen molar-refractivity contribution in [3.05, 3.63) is 94.3 Å². The second kappa shape index (κ2) is 9.10. The van der Waals surface area contributed by atoms with E-state index in [1.807, 2.05) is 36.4 Å². The fourth-order valence-corrected chi connectivity index (χ4v) is 5.46. The van der Waals surface area contributed by atoms with E-state index in [1.54, 1.807) is 18.1 Å². The molecule has 1 aliphatic rings. The summed E-state index contributed by atoms with van der Waals surface area (Å²) in [7, 11) is 1.78. The van der Waals surface area contributed by atoms with E-state index < -0.39 is 0 Å². The number of amidine groups is 1. The number of hydrogen-bond acceptors (Lipinski definition) is 4. The lowest BCUT2D eigenvalue weighted by atomic mass is 9.87. The Morgan fingerprint density at radius 2 is 1.75 bits per heavy atom. The van der Waals surface area contributed by atoms with Crippen molar-refractivity contribution in [3.63, 3.8) is 0 Å². The van der Waals surface area contributed by atoms with Crippen LogP contribution in [0.2, 0.25) is 0 Å². The van der Waals surface area contributed by atoms with Gasteiger partial charge in [-0.3, -0.25) is 14.7 Å². The first-order chi connectivity index (χ1) is 17.1. The van der Waals surface area contributed by atoms with Crippen LogP contribution in [-0.4, -0.2) is 32.6 Å². The molecule has 6 heteroatoms. The highest BCUT2D eigenvalue weighted by atomic mass is 32.2. The molecule has 4 aromatic rings. The monoisotopic (exact) mass is 494 g/mol. The molecule has 1 saturated heterocycles. The number of carbonyl (C=O) groups excluding carboxylic acids is 1. The minimum Gasteiger partial charge on any atom is -0.318 e. The van der Waals surface area contributed by atoms with Crippen LogP contribution in [0.4, 0.5) is 5.69 Å². The molecule has 0 aliphatic carbocycles. The SMILES string of the molecule is Cc1cc(/C=C2\SC(=Nc3ccc4ncccc4c3)N(C)C2=O)c(C)n1-c1ccc(C(C)(C)C)cc1. The second-order valence-corrected chi connectivity index (χ2v) is 11.2. The predicted octanol–water partition coefficient (Wildman–Crippen LogP) is 7.17. The van der Waals surface area contributed by atoms with Crippen LogP contribution >= 0.6 is 11.8 Å². The highest BCUT2D eigenvalue weighted by Gasteiger charge is 2.31. The molecule has 5 nitrogen and oxygen atoms in total. The number of thioether (sulfide) groups is 1. The molecule has 1 amide bonds. The van der Waals surface area contributed by atoms with Gasteiger partial charge in [0.05, 0.1) is 16.1 Å². The lowest BCUT2D eigenvalue weighted by molar-refractivity contribution is -0.121. The molecule has 182 valence electrons. The van der Waals surface area contributed by atoms with Crippen LogP contribution in [0.25, 0.3) is 22.7 Å². The summed E-state index contributed by atoms with van der Waals surface area (Å²) in [5, 5.41) is 1.69. The normalized spacial score (nSPS) is 16.6. The maximum Gasteiger partial charge on any atom is 0.266 e. The molecule has 2 aromatic heterocycles. The average molecular weight is 495 g/mol. The quantitative estimate of drug-likeness (QED) is 0.284. The summed E-state index contributed by atoms with van der Waals surface area (Å²) in [6, 6.07) is 20.7. The van der Waals surface area contributed by atoms with Gasteiger partial charge in [0.15, 0.2) is 5.17 Å². The van der Waals surface area contributed by atoms with Gasteiger partial charge in [0.1, 0.15) is 0 Å². The van der Waals surface area contributed by atoms with E-state index in [0.717, 1.165) is 39.2 Å². The first-order valence-corrected chi connectivity index (χ1v) is 12.8. The van der Waals surface area contributed by atoms with Crippen LogP contribution < -0.4 is 0 Å². The van der Waals surface area contributed by atoms with Gasteiger partial charge in [0.25, 0.3) is 5.91 Å². The van der Waals surface area contributed by atoms with Crippen molar-refractivity contribution in [1.82, 2.24) is 14.5 Å². The third-order valence-electron chi connectivity index (χ3n) is 6.56. The van der Waals surface area contributed by atoms with E-state index in [2.05, 4.69) is 74.5 Å². The Bertz CT molecular complexity index is 1540. The Morgan fingerprint density at radius 3 is 2.47 bits per heavy atom. The van der Waals surface area contributed by atoms with Crippen LogP contribution in [0.15, 0.2) is 76.8 Å². The predicted molar refractivity (Wildman–Crippen MR) is 151 cm³/mol. The van der Waals surface area contributed by atoms with E-state index in [9.17, 15) is 4.79 Å². The molecule has 1 fully saturated rings. The number of aliphatic imine (C=N–C) groups is 1. The number of fused-ring (bicyclic) bond motifs is 1. The van der Waals surface area contributed by atoms with Gasteiger partial charge in [0, 0.05) is 35.7 Å². The van der Waals surface area contributed by atoms with E-state index in [0.29, 0.717) is 10.1 Å². The summed E-state index contributed by atoms with van der Waals surface area (Å²) in [5.74, 6) is -0.0412. The number of likely N-dealkylation sites (N-methyl/N-ethyl adjacent to an activating group) is 1. The van der Waals surface area contributed by atoms with Crippen molar-refractivity contribution in [3.8, 4) is 5.69 Å². The van der Waals surface area contributed by atoms with Crippen LogP contribution in [0.1, 0.15) is 43.3 Å². The highest BCUT2D eigenvalue weighted by Crippen LogP contribution is 2.35. The Hall–Kier alpha value is -3.64. The topological polar surface area (TPSA) is 50.5 Å². The van der Waals surface area contributed by atoms with Gasteiger partial charge in [0.2, 0.25) is 0 Å². The van der Waals surface area contributed by atoms with Gasteiger partial charge in [-0.2, -0.15) is 0 Å². The minimum atomic E-state index is -0.0412. The fraction of sp³-hybridized carbons (Fsp3) is 0.233. The molecule has 0 N–H and O–H groups in total. The molecule has 36 heavy (non-hydrogen) atoms. The molecule has 3 heterocycles. The zero-order chi connectivity index (χ0) is 25.6. The third-order valence-corrected chi connectivity index (χ3v) is 7.62. The van der Waals surface area contributed by atoms with Crippen molar-refractivity contribution in [2.75, 3.05) is 7.05 Å². The second-order valence-electron chi connectivity index (χ2n) is 10.2. The number of aryl methyl sites for hydroxylation is 1. The third kappa shape index (κ3) is 4.49. The molecule has 0 saturated carbocycles. The Balaban J connectivity index is 1.45. The van der Waals surface area contributed by atoms with Crippen LogP contribution in [0.3, 0.4) is 0 Å². The summed E-state index contributed by atoms with van der Waals surface area (Å²) < 4.78 is 2.24. The maximum absolute atomic E-state index is 13.1. The summed E-state index contributed by atoms with van der Waals surface area (Å²) in [6.07, 6.45) is 3.76. The molecular formula is C30H30N4OS. The van der Waals surface area contributed by atoms with Gasteiger partial charge in [-0.05, 0) is 90.7 Å². The molecular weight excluding hydrogens is 464 g/mol. The Labute approximate surface area is 216 Å². The van der Waals surface area contributed by atoms with Gasteiger partial charge in [-0.25, -0.2) is 4.99 Å². The smallest absolute Gasteiger partial charge is 0.266 e. The molecule has 5 rings (SSSR count). The zero-order valence-electron chi connectivity index (χ0n) is 21.5. The molecule has 2 aromatic carbocycles. The van der Waals surface area contributed by atoms with Crippen molar-refractivity contribution in [2.24, 2.45) is 4.99 Å². The van der Waals surface area contributed by atoms with Crippen molar-refractivity contribution < 1.29 is 4.79 Å². The summed E-state index contributed by atoms with van der Waals surface area (Å²) in [5.41, 5.74) is 7.54. The number of amides is 1. The summed E-state index contributed by atoms with van der Waals surface area (Å²) in [6.45, 7) is 10.9. The molecule has 0 radical (unpaired) electrons. The number of nitrogens with zero attached hydrogens (tertiary/aromatic N) is 4. The average Bonchev–Trinajstić information content (AvgIpc) is 3.27. The Morgan fingerprint density at radius 1 is 1.00 bits per heavy atom. The molecule has 0 unspecified atom stereocenters. The number of carbonyl (C=O) groups is 1. The molecule has 0 bridgehead atoms. The number of aromatic nitrogens is 2. The van der Waals surface area contributed by atoms with E-state index in [4.69, 9.17) is 4.99 Å². The summed E-state index contributed by atoms with van der Waals surface area (Å²) in [4.78, 5) is 24.5. The van der Waals surface area contributed by atoms with Gasteiger partial charge in [-0.15, -0.1) is 0 Å². The molecule has 1 aliphatic heterocycles.